The van der Waals surface area contributed by atoms with Gasteiger partial charge in [-0.1, -0.05) is 12.1 Å². The van der Waals surface area contributed by atoms with Crippen molar-refractivity contribution in [2.24, 2.45) is 0 Å². The maximum absolute atomic E-state index is 14.3. The summed E-state index contributed by atoms with van der Waals surface area (Å²) in [5.41, 5.74) is 0.863. The third-order valence-corrected chi connectivity index (χ3v) is 4.63. The van der Waals surface area contributed by atoms with Gasteiger partial charge in [-0.25, -0.2) is 18.2 Å². The minimum absolute atomic E-state index is 0.0391. The van der Waals surface area contributed by atoms with Crippen molar-refractivity contribution in [2.45, 2.75) is 12.8 Å². The van der Waals surface area contributed by atoms with Crippen LogP contribution in [0.1, 0.15) is 23.2 Å². The largest absolute Gasteiger partial charge is 0.339 e. The molecular formula is C20H15F3N2O. The zero-order chi connectivity index (χ0) is 18.3. The molecule has 6 heteroatoms. The average Bonchev–Trinajstić information content (AvgIpc) is 3.18. The number of rotatable bonds is 2. The highest BCUT2D eigenvalue weighted by atomic mass is 19.2. The molecule has 2 aromatic carbocycles. The number of benzene rings is 2. The first-order chi connectivity index (χ1) is 12.5. The van der Waals surface area contributed by atoms with E-state index in [0.29, 0.717) is 24.0 Å². The molecule has 0 atom stereocenters. The van der Waals surface area contributed by atoms with Gasteiger partial charge in [0.2, 0.25) is 0 Å². The summed E-state index contributed by atoms with van der Waals surface area (Å²) in [6.07, 6.45) is 1.86. The fourth-order valence-corrected chi connectivity index (χ4v) is 3.28. The molecule has 1 amide bonds. The second kappa shape index (κ2) is 6.44. The van der Waals surface area contributed by atoms with Gasteiger partial charge in [-0.2, -0.15) is 0 Å². The van der Waals surface area contributed by atoms with Crippen molar-refractivity contribution in [2.75, 3.05) is 13.1 Å². The Kier molecular flexibility index (Phi) is 4.11. The Morgan fingerprint density at radius 3 is 2.42 bits per heavy atom. The van der Waals surface area contributed by atoms with Gasteiger partial charge < -0.3 is 4.90 Å². The Labute approximate surface area is 148 Å². The van der Waals surface area contributed by atoms with Gasteiger partial charge in [0.15, 0.2) is 11.6 Å². The molecule has 0 spiro atoms. The predicted octanol–water partition coefficient (Wildman–Crippen LogP) is 4.56. The van der Waals surface area contributed by atoms with Crippen LogP contribution in [0.5, 0.6) is 0 Å². The van der Waals surface area contributed by atoms with E-state index in [0.717, 1.165) is 25.0 Å². The van der Waals surface area contributed by atoms with Crippen molar-refractivity contribution in [3.05, 3.63) is 65.5 Å². The van der Waals surface area contributed by atoms with Crippen LogP contribution in [0.2, 0.25) is 0 Å². The SMILES string of the molecule is O=C(c1cc(-c2ccc(F)c(F)c2)nc2c(F)cccc12)N1CCCC1. The van der Waals surface area contributed by atoms with Gasteiger partial charge in [-0.3, -0.25) is 4.79 Å². The lowest BCUT2D eigenvalue weighted by atomic mass is 10.0. The van der Waals surface area contributed by atoms with Crippen molar-refractivity contribution in [1.82, 2.24) is 9.88 Å². The van der Waals surface area contributed by atoms with Gasteiger partial charge in [0.1, 0.15) is 11.3 Å². The Balaban J connectivity index is 1.93. The van der Waals surface area contributed by atoms with Crippen LogP contribution in [0.25, 0.3) is 22.2 Å². The number of aromatic nitrogens is 1. The fourth-order valence-electron chi connectivity index (χ4n) is 3.28. The van der Waals surface area contributed by atoms with Crippen LogP contribution in [0.3, 0.4) is 0 Å². The number of para-hydroxylation sites is 1. The van der Waals surface area contributed by atoms with Crippen LogP contribution in [-0.4, -0.2) is 28.9 Å². The van der Waals surface area contributed by atoms with E-state index < -0.39 is 17.5 Å². The van der Waals surface area contributed by atoms with Gasteiger partial charge in [0.05, 0.1) is 11.3 Å². The average molecular weight is 356 g/mol. The minimum Gasteiger partial charge on any atom is -0.339 e. The van der Waals surface area contributed by atoms with Crippen molar-refractivity contribution < 1.29 is 18.0 Å². The van der Waals surface area contributed by atoms with E-state index >= 15 is 0 Å². The van der Waals surface area contributed by atoms with Gasteiger partial charge >= 0.3 is 0 Å². The number of amides is 1. The molecule has 1 aliphatic rings. The number of nitrogens with zero attached hydrogens (tertiary/aromatic N) is 2. The zero-order valence-corrected chi connectivity index (χ0v) is 13.8. The lowest BCUT2D eigenvalue weighted by Gasteiger charge is -2.17. The van der Waals surface area contributed by atoms with Crippen LogP contribution in [0, 0.1) is 17.5 Å². The van der Waals surface area contributed by atoms with Gasteiger partial charge in [0, 0.05) is 24.0 Å². The minimum atomic E-state index is -1.02. The lowest BCUT2D eigenvalue weighted by Crippen LogP contribution is -2.28. The molecule has 1 aliphatic heterocycles. The first-order valence-electron chi connectivity index (χ1n) is 8.38. The first-order valence-corrected chi connectivity index (χ1v) is 8.38. The number of halogens is 3. The quantitative estimate of drug-likeness (QED) is 0.675. The van der Waals surface area contributed by atoms with E-state index in [1.54, 1.807) is 11.0 Å². The van der Waals surface area contributed by atoms with E-state index in [2.05, 4.69) is 4.98 Å². The monoisotopic (exact) mass is 356 g/mol. The van der Waals surface area contributed by atoms with Crippen molar-refractivity contribution >= 4 is 16.8 Å². The summed E-state index contributed by atoms with van der Waals surface area (Å²) in [6.45, 7) is 1.30. The van der Waals surface area contributed by atoms with E-state index in [9.17, 15) is 18.0 Å². The van der Waals surface area contributed by atoms with E-state index in [-0.39, 0.29) is 22.7 Å². The Morgan fingerprint density at radius 2 is 1.69 bits per heavy atom. The van der Waals surface area contributed by atoms with Crippen molar-refractivity contribution in [1.29, 1.82) is 0 Å². The molecule has 2 heterocycles. The van der Waals surface area contributed by atoms with E-state index in [1.807, 2.05) is 0 Å². The number of fused-ring (bicyclic) bond motifs is 1. The van der Waals surface area contributed by atoms with E-state index in [4.69, 9.17) is 0 Å². The van der Waals surface area contributed by atoms with E-state index in [1.165, 1.54) is 24.3 Å². The van der Waals surface area contributed by atoms with Crippen LogP contribution in [0.15, 0.2) is 42.5 Å². The smallest absolute Gasteiger partial charge is 0.254 e. The van der Waals surface area contributed by atoms with Crippen molar-refractivity contribution in [3.63, 3.8) is 0 Å². The zero-order valence-electron chi connectivity index (χ0n) is 13.8. The number of hydrogen-bond donors (Lipinski definition) is 0. The van der Waals surface area contributed by atoms with Gasteiger partial charge in [0.25, 0.3) is 5.91 Å². The highest BCUT2D eigenvalue weighted by Gasteiger charge is 2.23. The molecule has 0 N–H and O–H groups in total. The summed E-state index contributed by atoms with van der Waals surface area (Å²) in [6, 6.07) is 9.29. The molecule has 1 fully saturated rings. The summed E-state index contributed by atoms with van der Waals surface area (Å²) < 4.78 is 41.2. The van der Waals surface area contributed by atoms with Gasteiger partial charge in [-0.05, 0) is 43.2 Å². The van der Waals surface area contributed by atoms with Crippen molar-refractivity contribution in [3.8, 4) is 11.3 Å². The van der Waals surface area contributed by atoms with Crippen LogP contribution < -0.4 is 0 Å². The normalized spacial score (nSPS) is 14.2. The topological polar surface area (TPSA) is 33.2 Å². The fraction of sp³-hybridized carbons (Fsp3) is 0.200. The maximum atomic E-state index is 14.3. The second-order valence-corrected chi connectivity index (χ2v) is 6.32. The molecule has 0 saturated carbocycles. The number of hydrogen-bond acceptors (Lipinski definition) is 2. The van der Waals surface area contributed by atoms with Crippen LogP contribution >= 0.6 is 0 Å². The van der Waals surface area contributed by atoms with Crippen LogP contribution in [-0.2, 0) is 0 Å². The highest BCUT2D eigenvalue weighted by Crippen LogP contribution is 2.29. The third kappa shape index (κ3) is 2.81. The maximum Gasteiger partial charge on any atom is 0.254 e. The Morgan fingerprint density at radius 1 is 0.923 bits per heavy atom. The van der Waals surface area contributed by atoms with Crippen LogP contribution in [0.4, 0.5) is 13.2 Å². The molecule has 0 unspecified atom stereocenters. The molecule has 3 nitrogen and oxygen atoms in total. The second-order valence-electron chi connectivity index (χ2n) is 6.32. The molecule has 3 aromatic rings. The molecule has 0 radical (unpaired) electrons. The molecule has 0 aliphatic carbocycles. The third-order valence-electron chi connectivity index (χ3n) is 4.63. The molecule has 1 aromatic heterocycles. The number of carbonyl (C=O) groups excluding carboxylic acids is 1. The summed E-state index contributed by atoms with van der Waals surface area (Å²) in [7, 11) is 0. The highest BCUT2D eigenvalue weighted by molar-refractivity contribution is 6.07. The predicted molar refractivity (Wildman–Crippen MR) is 92.2 cm³/mol. The number of carbonyl (C=O) groups is 1. The van der Waals surface area contributed by atoms with Gasteiger partial charge in [-0.15, -0.1) is 0 Å². The molecule has 0 bridgehead atoms. The summed E-state index contributed by atoms with van der Waals surface area (Å²) in [5, 5.41) is 0.410. The molecule has 1 saturated heterocycles. The summed E-state index contributed by atoms with van der Waals surface area (Å²) in [4.78, 5) is 18.9. The lowest BCUT2D eigenvalue weighted by molar-refractivity contribution is 0.0794. The molecule has 4 rings (SSSR count). The molecule has 26 heavy (non-hydrogen) atoms. The summed E-state index contributed by atoms with van der Waals surface area (Å²) >= 11 is 0. The Bertz CT molecular complexity index is 1010. The molecular weight excluding hydrogens is 341 g/mol. The summed E-state index contributed by atoms with van der Waals surface area (Å²) in [5.74, 6) is -2.77. The number of pyridine rings is 1. The molecule has 132 valence electrons. The number of likely N-dealkylation sites (tertiary alicyclic amines) is 1. The first kappa shape index (κ1) is 16.6. The standard InChI is InChI=1S/C20H15F3N2O/c21-15-7-6-12(10-17(15)23)18-11-14(20(26)25-8-1-2-9-25)13-4-3-5-16(22)19(13)24-18/h3-7,10-11H,1-2,8-9H2. The Hall–Kier alpha value is -2.89.